The minimum absolute atomic E-state index is 0.212. The van der Waals surface area contributed by atoms with Gasteiger partial charge in [-0.3, -0.25) is 4.79 Å². The molecule has 2 aromatic carbocycles. The van der Waals surface area contributed by atoms with Crippen LogP contribution in [0.3, 0.4) is 0 Å². The number of hydrogen-bond donors (Lipinski definition) is 4. The molecule has 2 aromatic rings. The summed E-state index contributed by atoms with van der Waals surface area (Å²) in [5.41, 5.74) is 1.33. The number of amides is 3. The molecule has 1 saturated heterocycles. The number of benzene rings is 2. The molecule has 3 rings (SSSR count). The molecule has 3 amide bonds. The molecule has 1 fully saturated rings. The maximum Gasteiger partial charge on any atom is 0.320 e. The van der Waals surface area contributed by atoms with E-state index in [1.807, 2.05) is 30.3 Å². The fourth-order valence-corrected chi connectivity index (χ4v) is 3.34. The Labute approximate surface area is 170 Å². The van der Waals surface area contributed by atoms with Crippen molar-refractivity contribution >= 4 is 29.2 Å². The number of rotatable bonds is 6. The van der Waals surface area contributed by atoms with E-state index in [-0.39, 0.29) is 5.91 Å². The van der Waals surface area contributed by atoms with Crippen molar-refractivity contribution in [2.24, 2.45) is 5.92 Å². The highest BCUT2D eigenvalue weighted by atomic mass is 35.5. The lowest BCUT2D eigenvalue weighted by atomic mass is 9.98. The highest BCUT2D eigenvalue weighted by Gasteiger charge is 2.24. The van der Waals surface area contributed by atoms with Crippen LogP contribution in [0.4, 0.5) is 10.5 Å². The van der Waals surface area contributed by atoms with E-state index in [9.17, 15) is 9.59 Å². The smallest absolute Gasteiger partial charge is 0.320 e. The van der Waals surface area contributed by atoms with Gasteiger partial charge < -0.3 is 21.3 Å². The number of piperidine rings is 1. The molecule has 0 spiro atoms. The molecule has 1 atom stereocenters. The molecular formula is C21H25ClN4O2. The number of anilines is 1. The maximum absolute atomic E-state index is 12.8. The monoisotopic (exact) mass is 400 g/mol. The van der Waals surface area contributed by atoms with Gasteiger partial charge in [0.25, 0.3) is 0 Å². The van der Waals surface area contributed by atoms with Crippen molar-refractivity contribution in [3.05, 3.63) is 65.2 Å². The lowest BCUT2D eigenvalue weighted by Crippen LogP contribution is -2.44. The Morgan fingerprint density at radius 2 is 1.71 bits per heavy atom. The summed E-state index contributed by atoms with van der Waals surface area (Å²) in [6, 6.07) is 14.8. The van der Waals surface area contributed by atoms with E-state index in [0.29, 0.717) is 23.2 Å². The Bertz CT molecular complexity index is 777. The summed E-state index contributed by atoms with van der Waals surface area (Å²) < 4.78 is 0. The second-order valence-corrected chi connectivity index (χ2v) is 7.32. The number of nitrogens with one attached hydrogen (secondary N) is 4. The van der Waals surface area contributed by atoms with Crippen LogP contribution in [0.25, 0.3) is 0 Å². The summed E-state index contributed by atoms with van der Waals surface area (Å²) in [5.74, 6) is 0.250. The molecule has 4 N–H and O–H groups in total. The van der Waals surface area contributed by atoms with Crippen LogP contribution in [0.2, 0.25) is 5.02 Å². The van der Waals surface area contributed by atoms with E-state index < -0.39 is 12.1 Å². The lowest BCUT2D eigenvalue weighted by Gasteiger charge is -2.24. The second kappa shape index (κ2) is 10.1. The molecule has 0 aromatic heterocycles. The summed E-state index contributed by atoms with van der Waals surface area (Å²) >= 11 is 5.87. The highest BCUT2D eigenvalue weighted by molar-refractivity contribution is 6.30. The fourth-order valence-electron chi connectivity index (χ4n) is 3.21. The first-order valence-electron chi connectivity index (χ1n) is 9.48. The van der Waals surface area contributed by atoms with Gasteiger partial charge in [-0.25, -0.2) is 4.79 Å². The molecular weight excluding hydrogens is 376 g/mol. The predicted molar refractivity (Wildman–Crippen MR) is 111 cm³/mol. The number of carbonyl (C=O) groups is 2. The average Bonchev–Trinajstić information content (AvgIpc) is 2.73. The molecule has 148 valence electrons. The maximum atomic E-state index is 12.8. The van der Waals surface area contributed by atoms with Gasteiger partial charge in [0.15, 0.2) is 0 Å². The molecule has 6 nitrogen and oxygen atoms in total. The average molecular weight is 401 g/mol. The largest absolute Gasteiger partial charge is 0.354 e. The Morgan fingerprint density at radius 3 is 2.39 bits per heavy atom. The molecule has 1 aliphatic rings. The topological polar surface area (TPSA) is 82.3 Å². The quantitative estimate of drug-likeness (QED) is 0.600. The van der Waals surface area contributed by atoms with Gasteiger partial charge in [0.1, 0.15) is 6.04 Å². The first kappa shape index (κ1) is 20.2. The number of carbonyl (C=O) groups excluding carboxylic acids is 2. The van der Waals surface area contributed by atoms with Crippen molar-refractivity contribution in [1.82, 2.24) is 16.0 Å². The third kappa shape index (κ3) is 5.97. The lowest BCUT2D eigenvalue weighted by molar-refractivity contribution is -0.123. The zero-order chi connectivity index (χ0) is 19.8. The predicted octanol–water partition coefficient (Wildman–Crippen LogP) is 3.32. The summed E-state index contributed by atoms with van der Waals surface area (Å²) in [6.45, 7) is 2.57. The molecule has 0 bridgehead atoms. The van der Waals surface area contributed by atoms with Gasteiger partial charge in [0, 0.05) is 17.3 Å². The highest BCUT2D eigenvalue weighted by Crippen LogP contribution is 2.16. The molecule has 0 radical (unpaired) electrons. The Kier molecular flexibility index (Phi) is 7.28. The molecule has 1 aliphatic heterocycles. The first-order chi connectivity index (χ1) is 13.6. The van der Waals surface area contributed by atoms with Crippen molar-refractivity contribution in [2.45, 2.75) is 18.9 Å². The zero-order valence-electron chi connectivity index (χ0n) is 15.6. The van der Waals surface area contributed by atoms with Crippen molar-refractivity contribution in [1.29, 1.82) is 0 Å². The van der Waals surface area contributed by atoms with E-state index in [1.165, 1.54) is 0 Å². The van der Waals surface area contributed by atoms with Crippen LogP contribution < -0.4 is 21.3 Å². The summed E-state index contributed by atoms with van der Waals surface area (Å²) in [7, 11) is 0. The van der Waals surface area contributed by atoms with E-state index in [1.54, 1.807) is 24.3 Å². The van der Waals surface area contributed by atoms with Crippen LogP contribution in [0.5, 0.6) is 0 Å². The van der Waals surface area contributed by atoms with Crippen LogP contribution in [-0.2, 0) is 4.79 Å². The normalized spacial score (nSPS) is 15.5. The minimum atomic E-state index is -0.768. The zero-order valence-corrected chi connectivity index (χ0v) is 16.3. The number of urea groups is 1. The minimum Gasteiger partial charge on any atom is -0.354 e. The van der Waals surface area contributed by atoms with Crippen LogP contribution in [-0.4, -0.2) is 31.6 Å². The number of halogens is 1. The van der Waals surface area contributed by atoms with Crippen molar-refractivity contribution in [3.63, 3.8) is 0 Å². The van der Waals surface area contributed by atoms with Crippen LogP contribution in [0.1, 0.15) is 24.4 Å². The summed E-state index contributed by atoms with van der Waals surface area (Å²) in [4.78, 5) is 25.3. The summed E-state index contributed by atoms with van der Waals surface area (Å²) in [5, 5.41) is 12.4. The second-order valence-electron chi connectivity index (χ2n) is 6.89. The van der Waals surface area contributed by atoms with Crippen LogP contribution >= 0.6 is 11.6 Å². The van der Waals surface area contributed by atoms with Crippen LogP contribution in [0.15, 0.2) is 54.6 Å². The Hall–Kier alpha value is -2.57. The van der Waals surface area contributed by atoms with Gasteiger partial charge in [0.05, 0.1) is 0 Å². The van der Waals surface area contributed by atoms with Gasteiger partial charge >= 0.3 is 6.03 Å². The molecule has 7 heteroatoms. The SMILES string of the molecule is O=C(Nc1ccc(Cl)cc1)N[C@@H](C(=O)NCC1CCNCC1)c1ccccc1. The van der Waals surface area contributed by atoms with Crippen molar-refractivity contribution in [3.8, 4) is 0 Å². The van der Waals surface area contributed by atoms with Gasteiger partial charge in [-0.05, 0) is 61.7 Å². The van der Waals surface area contributed by atoms with Crippen molar-refractivity contribution in [2.75, 3.05) is 25.0 Å². The first-order valence-corrected chi connectivity index (χ1v) is 9.86. The van der Waals surface area contributed by atoms with Gasteiger partial charge in [-0.2, -0.15) is 0 Å². The molecule has 28 heavy (non-hydrogen) atoms. The van der Waals surface area contributed by atoms with Gasteiger partial charge in [0.2, 0.25) is 5.91 Å². The molecule has 0 aliphatic carbocycles. The van der Waals surface area contributed by atoms with E-state index >= 15 is 0 Å². The standard InChI is InChI=1S/C21H25ClN4O2/c22-17-6-8-18(9-7-17)25-21(28)26-19(16-4-2-1-3-5-16)20(27)24-14-15-10-12-23-13-11-15/h1-9,15,19,23H,10-14H2,(H,24,27)(H2,25,26,28)/t19-/m1/s1. The molecule has 0 saturated carbocycles. The molecule has 1 heterocycles. The third-order valence-corrected chi connectivity index (χ3v) is 5.05. The summed E-state index contributed by atoms with van der Waals surface area (Å²) in [6.07, 6.45) is 2.08. The van der Waals surface area contributed by atoms with Crippen LogP contribution in [0, 0.1) is 5.92 Å². The van der Waals surface area contributed by atoms with Crippen molar-refractivity contribution < 1.29 is 9.59 Å². The third-order valence-electron chi connectivity index (χ3n) is 4.80. The van der Waals surface area contributed by atoms with E-state index in [4.69, 9.17) is 11.6 Å². The number of hydrogen-bond acceptors (Lipinski definition) is 3. The van der Waals surface area contributed by atoms with E-state index in [0.717, 1.165) is 31.5 Å². The van der Waals surface area contributed by atoms with Gasteiger partial charge in [-0.1, -0.05) is 41.9 Å². The van der Waals surface area contributed by atoms with Gasteiger partial charge in [-0.15, -0.1) is 0 Å². The Morgan fingerprint density at radius 1 is 1.04 bits per heavy atom. The van der Waals surface area contributed by atoms with E-state index in [2.05, 4.69) is 21.3 Å². The molecule has 0 unspecified atom stereocenters. The Balaban J connectivity index is 1.63. The fraction of sp³-hybridized carbons (Fsp3) is 0.333.